The topological polar surface area (TPSA) is 24.9 Å². The lowest BCUT2D eigenvalue weighted by Gasteiger charge is -1.92. The molecule has 0 bridgehead atoms. The van der Waals surface area contributed by atoms with Gasteiger partial charge in [-0.2, -0.15) is 0 Å². The second-order valence-electron chi connectivity index (χ2n) is 3.85. The molecule has 0 aliphatic heterocycles. The van der Waals surface area contributed by atoms with Crippen LogP contribution in [0, 0.1) is 0 Å². The quantitative estimate of drug-likeness (QED) is 0.693. The first-order valence-electron chi connectivity index (χ1n) is 6.84. The van der Waals surface area contributed by atoms with E-state index < -0.39 is 0 Å². The Labute approximate surface area is 125 Å². The Balaban J connectivity index is 0.000000357. The van der Waals surface area contributed by atoms with E-state index in [4.69, 9.17) is 0 Å². The van der Waals surface area contributed by atoms with Gasteiger partial charge in [0.15, 0.2) is 0 Å². The first kappa shape index (κ1) is 16.3. The number of fused-ring (bicyclic) bond motifs is 1. The number of nitrogens with one attached hydrogen (secondary N) is 1. The van der Waals surface area contributed by atoms with Crippen LogP contribution in [0.15, 0.2) is 54.6 Å². The summed E-state index contributed by atoms with van der Waals surface area (Å²) in [5, 5.41) is 3.84. The molecule has 2 aromatic carbocycles. The number of rotatable bonds is 1. The molecule has 0 fully saturated rings. The number of benzene rings is 2. The van der Waals surface area contributed by atoms with Crippen LogP contribution in [0.25, 0.3) is 20.8 Å². The van der Waals surface area contributed by atoms with E-state index in [1.54, 1.807) is 11.3 Å². The second kappa shape index (κ2) is 9.23. The molecular weight excluding hydrogens is 264 g/mol. The first-order chi connectivity index (χ1) is 9.85. The lowest BCUT2D eigenvalue weighted by Crippen LogP contribution is -1.89. The third kappa shape index (κ3) is 4.44. The molecule has 106 valence electrons. The van der Waals surface area contributed by atoms with Crippen LogP contribution in [0.1, 0.15) is 13.8 Å². The Morgan fingerprint density at radius 1 is 0.850 bits per heavy atom. The lowest BCUT2D eigenvalue weighted by atomic mass is 10.2. The molecule has 0 saturated heterocycles. The van der Waals surface area contributed by atoms with E-state index in [0.717, 1.165) is 10.5 Å². The molecule has 0 unspecified atom stereocenters. The summed E-state index contributed by atoms with van der Waals surface area (Å²) in [4.78, 5) is 4.60. The van der Waals surface area contributed by atoms with Crippen LogP contribution >= 0.6 is 11.3 Å². The fourth-order valence-corrected chi connectivity index (χ4v) is 2.55. The van der Waals surface area contributed by atoms with Crippen molar-refractivity contribution in [2.45, 2.75) is 13.8 Å². The van der Waals surface area contributed by atoms with Crippen molar-refractivity contribution in [2.24, 2.45) is 0 Å². The highest BCUT2D eigenvalue weighted by molar-refractivity contribution is 7.21. The van der Waals surface area contributed by atoms with Gasteiger partial charge in [0, 0.05) is 5.56 Å². The van der Waals surface area contributed by atoms with E-state index >= 15 is 0 Å². The second-order valence-corrected chi connectivity index (χ2v) is 4.88. The van der Waals surface area contributed by atoms with Crippen LogP contribution in [0.3, 0.4) is 0 Å². The molecule has 0 aliphatic carbocycles. The van der Waals surface area contributed by atoms with Gasteiger partial charge in [-0.15, -0.1) is 11.3 Å². The molecule has 0 atom stereocenters. The van der Waals surface area contributed by atoms with Crippen molar-refractivity contribution in [2.75, 3.05) is 14.1 Å². The van der Waals surface area contributed by atoms with E-state index in [9.17, 15) is 0 Å². The molecule has 3 rings (SSSR count). The SMILES string of the molecule is CC.CNC.c1ccc(-c2nc3ccccc3s2)cc1. The summed E-state index contributed by atoms with van der Waals surface area (Å²) < 4.78 is 1.25. The standard InChI is InChI=1S/C13H9NS.C2H7N.C2H6/c1-2-6-10(7-3-1)13-14-11-8-4-5-9-12(11)15-13;1-3-2;1-2/h1-9H;3H,1-2H3;1-2H3. The van der Waals surface area contributed by atoms with Gasteiger partial charge in [-0.3, -0.25) is 0 Å². The minimum atomic E-state index is 1.08. The summed E-state index contributed by atoms with van der Waals surface area (Å²) in [6.45, 7) is 4.00. The van der Waals surface area contributed by atoms with Gasteiger partial charge in [0.05, 0.1) is 10.2 Å². The number of nitrogens with zero attached hydrogens (tertiary/aromatic N) is 1. The summed E-state index contributed by atoms with van der Waals surface area (Å²) in [5.41, 5.74) is 2.28. The monoisotopic (exact) mass is 286 g/mol. The van der Waals surface area contributed by atoms with Crippen molar-refractivity contribution in [3.8, 4) is 10.6 Å². The highest BCUT2D eigenvalue weighted by atomic mass is 32.1. The molecule has 3 heteroatoms. The smallest absolute Gasteiger partial charge is 0.124 e. The summed E-state index contributed by atoms with van der Waals surface area (Å²) in [5.74, 6) is 0. The Morgan fingerprint density at radius 2 is 1.40 bits per heavy atom. The molecule has 0 saturated carbocycles. The zero-order chi connectivity index (χ0) is 14.8. The van der Waals surface area contributed by atoms with E-state index in [0.29, 0.717) is 0 Å². The number of hydrogen-bond donors (Lipinski definition) is 1. The Kier molecular flexibility index (Phi) is 7.55. The number of thiazole rings is 1. The molecular formula is C17H22N2S. The summed E-state index contributed by atoms with van der Waals surface area (Å²) in [6.07, 6.45) is 0. The van der Waals surface area contributed by atoms with Gasteiger partial charge in [-0.05, 0) is 26.2 Å². The molecule has 0 spiro atoms. The highest BCUT2D eigenvalue weighted by Crippen LogP contribution is 2.29. The van der Waals surface area contributed by atoms with Crippen molar-refractivity contribution in [3.63, 3.8) is 0 Å². The van der Waals surface area contributed by atoms with Gasteiger partial charge >= 0.3 is 0 Å². The van der Waals surface area contributed by atoms with E-state index in [1.165, 1.54) is 10.3 Å². The van der Waals surface area contributed by atoms with Crippen LogP contribution in [0.5, 0.6) is 0 Å². The molecule has 1 N–H and O–H groups in total. The van der Waals surface area contributed by atoms with Crippen LogP contribution in [0.2, 0.25) is 0 Å². The van der Waals surface area contributed by atoms with Gasteiger partial charge in [0.2, 0.25) is 0 Å². The molecule has 3 aromatic rings. The number of aromatic nitrogens is 1. The molecule has 0 amide bonds. The number of hydrogen-bond acceptors (Lipinski definition) is 3. The van der Waals surface area contributed by atoms with Crippen molar-refractivity contribution < 1.29 is 0 Å². The Hall–Kier alpha value is -1.71. The predicted molar refractivity (Wildman–Crippen MR) is 91.4 cm³/mol. The van der Waals surface area contributed by atoms with Crippen molar-refractivity contribution in [1.29, 1.82) is 0 Å². The average Bonchev–Trinajstić information content (AvgIpc) is 2.95. The maximum atomic E-state index is 4.60. The third-order valence-corrected chi connectivity index (χ3v) is 3.40. The van der Waals surface area contributed by atoms with Crippen LogP contribution in [-0.4, -0.2) is 19.1 Å². The Bertz CT molecular complexity index is 569. The van der Waals surface area contributed by atoms with E-state index in [-0.39, 0.29) is 0 Å². The third-order valence-electron chi connectivity index (χ3n) is 2.31. The number of para-hydroxylation sites is 1. The van der Waals surface area contributed by atoms with Gasteiger partial charge < -0.3 is 5.32 Å². The van der Waals surface area contributed by atoms with E-state index in [1.807, 2.05) is 52.2 Å². The van der Waals surface area contributed by atoms with Crippen LogP contribution in [-0.2, 0) is 0 Å². The molecule has 0 radical (unpaired) electrons. The lowest BCUT2D eigenvalue weighted by molar-refractivity contribution is 1.02. The van der Waals surface area contributed by atoms with Gasteiger partial charge in [-0.25, -0.2) is 4.98 Å². The predicted octanol–water partition coefficient (Wildman–Crippen LogP) is 4.83. The Morgan fingerprint density at radius 3 is 2.00 bits per heavy atom. The summed E-state index contributed by atoms with van der Waals surface area (Å²) in [7, 11) is 3.75. The molecule has 2 nitrogen and oxygen atoms in total. The molecule has 20 heavy (non-hydrogen) atoms. The summed E-state index contributed by atoms with van der Waals surface area (Å²) >= 11 is 1.74. The molecule has 1 heterocycles. The zero-order valence-corrected chi connectivity index (χ0v) is 13.4. The highest BCUT2D eigenvalue weighted by Gasteiger charge is 2.03. The van der Waals surface area contributed by atoms with Gasteiger partial charge in [0.1, 0.15) is 5.01 Å². The average molecular weight is 286 g/mol. The van der Waals surface area contributed by atoms with Crippen LogP contribution < -0.4 is 5.32 Å². The maximum Gasteiger partial charge on any atom is 0.124 e. The maximum absolute atomic E-state index is 4.60. The largest absolute Gasteiger partial charge is 0.323 e. The van der Waals surface area contributed by atoms with Gasteiger partial charge in [0.25, 0.3) is 0 Å². The van der Waals surface area contributed by atoms with Crippen molar-refractivity contribution in [1.82, 2.24) is 10.3 Å². The van der Waals surface area contributed by atoms with E-state index in [2.05, 4.69) is 40.6 Å². The normalized spacial score (nSPS) is 9.20. The molecule has 1 aromatic heterocycles. The zero-order valence-electron chi connectivity index (χ0n) is 12.6. The van der Waals surface area contributed by atoms with Gasteiger partial charge in [-0.1, -0.05) is 56.3 Å². The van der Waals surface area contributed by atoms with Crippen LogP contribution in [0.4, 0.5) is 0 Å². The first-order valence-corrected chi connectivity index (χ1v) is 7.66. The van der Waals surface area contributed by atoms with Crippen molar-refractivity contribution >= 4 is 21.6 Å². The summed E-state index contributed by atoms with van der Waals surface area (Å²) in [6, 6.07) is 18.5. The van der Waals surface area contributed by atoms with Crippen molar-refractivity contribution in [3.05, 3.63) is 54.6 Å². The molecule has 0 aliphatic rings. The minimum absolute atomic E-state index is 1.08. The fourth-order valence-electron chi connectivity index (χ4n) is 1.58. The minimum Gasteiger partial charge on any atom is -0.323 e. The fraction of sp³-hybridized carbons (Fsp3) is 0.235.